The van der Waals surface area contributed by atoms with Gasteiger partial charge in [-0.15, -0.1) is 0 Å². The molecule has 3 N–H and O–H groups in total. The molecule has 3 aliphatic carbocycles. The van der Waals surface area contributed by atoms with Gasteiger partial charge in [0.15, 0.2) is 0 Å². The third-order valence-electron chi connectivity index (χ3n) is 5.20. The van der Waals surface area contributed by atoms with Crippen LogP contribution in [0, 0.1) is 17.8 Å². The molecule has 3 rings (SSSR count). The van der Waals surface area contributed by atoms with E-state index in [1.807, 2.05) is 0 Å². The molecule has 0 aromatic heterocycles. The summed E-state index contributed by atoms with van der Waals surface area (Å²) in [5.41, 5.74) is 6.18. The average molecular weight is 252 g/mol. The molecule has 0 aromatic rings. The Morgan fingerprint density at radius 2 is 1.83 bits per heavy atom. The van der Waals surface area contributed by atoms with Gasteiger partial charge in [-0.3, -0.25) is 0 Å². The van der Waals surface area contributed by atoms with Crippen LogP contribution < -0.4 is 11.1 Å². The van der Waals surface area contributed by atoms with Gasteiger partial charge in [-0.1, -0.05) is 0 Å². The standard InChI is InChI=1S/C15H28N2O/c1-2-18-13-7-15(8-13,10-16)17-9-14(11-3-4-11)12-5-6-12/h11-14,17H,2-10,16H2,1H3. The van der Waals surface area contributed by atoms with Crippen molar-refractivity contribution in [3.8, 4) is 0 Å². The second-order valence-electron chi connectivity index (χ2n) is 6.69. The van der Waals surface area contributed by atoms with Crippen LogP contribution in [-0.4, -0.2) is 31.3 Å². The smallest absolute Gasteiger partial charge is 0.0611 e. The summed E-state index contributed by atoms with van der Waals surface area (Å²) in [4.78, 5) is 0. The summed E-state index contributed by atoms with van der Waals surface area (Å²) in [6.45, 7) is 4.87. The molecule has 3 saturated carbocycles. The van der Waals surface area contributed by atoms with Crippen molar-refractivity contribution in [3.63, 3.8) is 0 Å². The average Bonchev–Trinajstić information content (AvgIpc) is 3.17. The van der Waals surface area contributed by atoms with Crippen molar-refractivity contribution in [1.82, 2.24) is 5.32 Å². The minimum Gasteiger partial charge on any atom is -0.378 e. The maximum Gasteiger partial charge on any atom is 0.0611 e. The molecule has 0 aliphatic heterocycles. The fraction of sp³-hybridized carbons (Fsp3) is 1.00. The number of rotatable bonds is 8. The zero-order valence-electron chi connectivity index (χ0n) is 11.7. The predicted octanol–water partition coefficient (Wildman–Crippen LogP) is 1.91. The molecule has 0 amide bonds. The highest BCUT2D eigenvalue weighted by atomic mass is 16.5. The molecule has 0 radical (unpaired) electrons. The fourth-order valence-electron chi connectivity index (χ4n) is 3.65. The van der Waals surface area contributed by atoms with E-state index < -0.39 is 0 Å². The number of ether oxygens (including phenoxy) is 1. The van der Waals surface area contributed by atoms with Crippen molar-refractivity contribution >= 4 is 0 Å². The summed E-state index contributed by atoms with van der Waals surface area (Å²) in [6.07, 6.45) is 8.56. The molecular formula is C15H28N2O. The lowest BCUT2D eigenvalue weighted by molar-refractivity contribution is -0.0490. The quantitative estimate of drug-likeness (QED) is 0.694. The number of nitrogens with one attached hydrogen (secondary N) is 1. The SMILES string of the molecule is CCOC1CC(CN)(NCC(C2CC2)C2CC2)C1. The van der Waals surface area contributed by atoms with E-state index in [4.69, 9.17) is 10.5 Å². The zero-order chi connectivity index (χ0) is 12.6. The summed E-state index contributed by atoms with van der Waals surface area (Å²) in [6, 6.07) is 0. The van der Waals surface area contributed by atoms with Gasteiger partial charge in [0, 0.05) is 18.7 Å². The van der Waals surface area contributed by atoms with E-state index in [1.54, 1.807) is 0 Å². The van der Waals surface area contributed by atoms with E-state index in [-0.39, 0.29) is 5.54 Å². The molecule has 3 nitrogen and oxygen atoms in total. The van der Waals surface area contributed by atoms with Crippen LogP contribution in [0.3, 0.4) is 0 Å². The zero-order valence-corrected chi connectivity index (χ0v) is 11.7. The largest absolute Gasteiger partial charge is 0.378 e. The van der Waals surface area contributed by atoms with Gasteiger partial charge in [-0.25, -0.2) is 0 Å². The highest BCUT2D eigenvalue weighted by Crippen LogP contribution is 2.49. The molecule has 18 heavy (non-hydrogen) atoms. The molecule has 3 heteroatoms. The Hall–Kier alpha value is -0.120. The first-order valence-electron chi connectivity index (χ1n) is 7.83. The number of hydrogen-bond acceptors (Lipinski definition) is 3. The molecule has 0 unspecified atom stereocenters. The Morgan fingerprint density at radius 1 is 1.22 bits per heavy atom. The van der Waals surface area contributed by atoms with Crippen LogP contribution >= 0.6 is 0 Å². The molecule has 0 saturated heterocycles. The molecule has 0 aromatic carbocycles. The first-order valence-corrected chi connectivity index (χ1v) is 7.83. The molecule has 0 bridgehead atoms. The van der Waals surface area contributed by atoms with Gasteiger partial charge in [0.05, 0.1) is 6.10 Å². The van der Waals surface area contributed by atoms with Crippen LogP contribution in [0.2, 0.25) is 0 Å². The van der Waals surface area contributed by atoms with Crippen LogP contribution in [0.25, 0.3) is 0 Å². The van der Waals surface area contributed by atoms with E-state index in [0.717, 1.165) is 43.7 Å². The van der Waals surface area contributed by atoms with Crippen LogP contribution in [0.15, 0.2) is 0 Å². The Morgan fingerprint density at radius 3 is 2.28 bits per heavy atom. The molecule has 0 spiro atoms. The molecule has 104 valence electrons. The highest BCUT2D eigenvalue weighted by Gasteiger charge is 2.46. The minimum absolute atomic E-state index is 0.196. The van der Waals surface area contributed by atoms with Crippen LogP contribution in [0.5, 0.6) is 0 Å². The lowest BCUT2D eigenvalue weighted by atomic mass is 9.73. The van der Waals surface area contributed by atoms with Crippen LogP contribution in [-0.2, 0) is 4.74 Å². The van der Waals surface area contributed by atoms with Crippen LogP contribution in [0.1, 0.15) is 45.4 Å². The molecule has 3 fully saturated rings. The van der Waals surface area contributed by atoms with Gasteiger partial charge in [-0.05, 0) is 69.7 Å². The van der Waals surface area contributed by atoms with Crippen molar-refractivity contribution in [2.45, 2.75) is 57.1 Å². The molecule has 0 heterocycles. The summed E-state index contributed by atoms with van der Waals surface area (Å²) in [5.74, 6) is 3.00. The molecule has 0 atom stereocenters. The Kier molecular flexibility index (Phi) is 3.65. The van der Waals surface area contributed by atoms with E-state index in [2.05, 4.69) is 12.2 Å². The number of nitrogens with two attached hydrogens (primary N) is 1. The lowest BCUT2D eigenvalue weighted by Gasteiger charge is -2.48. The first-order chi connectivity index (χ1) is 8.76. The maximum absolute atomic E-state index is 5.98. The minimum atomic E-state index is 0.196. The number of hydrogen-bond donors (Lipinski definition) is 2. The van der Waals surface area contributed by atoms with Crippen molar-refractivity contribution in [3.05, 3.63) is 0 Å². The Balaban J connectivity index is 1.45. The van der Waals surface area contributed by atoms with Gasteiger partial charge in [0.25, 0.3) is 0 Å². The van der Waals surface area contributed by atoms with Gasteiger partial charge in [-0.2, -0.15) is 0 Å². The van der Waals surface area contributed by atoms with Crippen molar-refractivity contribution in [2.75, 3.05) is 19.7 Å². The van der Waals surface area contributed by atoms with Gasteiger partial charge in [0.2, 0.25) is 0 Å². The van der Waals surface area contributed by atoms with E-state index >= 15 is 0 Å². The monoisotopic (exact) mass is 252 g/mol. The topological polar surface area (TPSA) is 47.3 Å². The van der Waals surface area contributed by atoms with E-state index in [9.17, 15) is 0 Å². The second-order valence-corrected chi connectivity index (χ2v) is 6.69. The molecular weight excluding hydrogens is 224 g/mol. The summed E-state index contributed by atoms with van der Waals surface area (Å²) in [7, 11) is 0. The second kappa shape index (κ2) is 5.10. The van der Waals surface area contributed by atoms with Gasteiger partial charge in [0.1, 0.15) is 0 Å². The lowest BCUT2D eigenvalue weighted by Crippen LogP contribution is -2.63. The third-order valence-corrected chi connectivity index (χ3v) is 5.20. The fourth-order valence-corrected chi connectivity index (χ4v) is 3.65. The van der Waals surface area contributed by atoms with Crippen molar-refractivity contribution in [1.29, 1.82) is 0 Å². The van der Waals surface area contributed by atoms with Crippen molar-refractivity contribution in [2.24, 2.45) is 23.5 Å². The summed E-state index contributed by atoms with van der Waals surface area (Å²) < 4.78 is 5.67. The molecule has 3 aliphatic rings. The summed E-state index contributed by atoms with van der Waals surface area (Å²) in [5, 5.41) is 3.81. The normalized spacial score (nSPS) is 35.8. The van der Waals surface area contributed by atoms with Crippen molar-refractivity contribution < 1.29 is 4.74 Å². The maximum atomic E-state index is 5.98. The van der Waals surface area contributed by atoms with Gasteiger partial charge < -0.3 is 15.8 Å². The Labute approximate surface area is 111 Å². The van der Waals surface area contributed by atoms with Crippen LogP contribution in [0.4, 0.5) is 0 Å². The highest BCUT2D eigenvalue weighted by molar-refractivity contribution is 5.04. The first kappa shape index (κ1) is 12.9. The Bertz CT molecular complexity index is 268. The third kappa shape index (κ3) is 2.73. The summed E-state index contributed by atoms with van der Waals surface area (Å²) >= 11 is 0. The van der Waals surface area contributed by atoms with E-state index in [1.165, 1.54) is 32.2 Å². The van der Waals surface area contributed by atoms with E-state index in [0.29, 0.717) is 6.10 Å². The van der Waals surface area contributed by atoms with Gasteiger partial charge >= 0.3 is 0 Å². The predicted molar refractivity (Wildman–Crippen MR) is 73.4 cm³/mol.